The number of nitrogens with one attached hydrogen (secondary N) is 1. The number of hydrogen-bond donors (Lipinski definition) is 1. The standard InChI is InChI=1S/C15H23BrN2O/c1-12(11-18-7-5-17-6-8-18)9-13-10-14(16)3-4-15(13)19-2/h3-4,10,12,17H,5-9,11H2,1-2H3. The molecule has 0 saturated carbocycles. The predicted octanol–water partition coefficient (Wildman–Crippen LogP) is 2.54. The van der Waals surface area contributed by atoms with E-state index < -0.39 is 0 Å². The fraction of sp³-hybridized carbons (Fsp3) is 0.600. The Morgan fingerprint density at radius 2 is 2.11 bits per heavy atom. The summed E-state index contributed by atoms with van der Waals surface area (Å²) in [7, 11) is 1.74. The third kappa shape index (κ3) is 4.48. The van der Waals surface area contributed by atoms with Crippen LogP contribution in [0.25, 0.3) is 0 Å². The highest BCUT2D eigenvalue weighted by Gasteiger charge is 2.15. The zero-order chi connectivity index (χ0) is 13.7. The number of benzene rings is 1. The summed E-state index contributed by atoms with van der Waals surface area (Å²) in [6, 6.07) is 6.24. The Hall–Kier alpha value is -0.580. The highest BCUT2D eigenvalue weighted by molar-refractivity contribution is 9.10. The van der Waals surface area contributed by atoms with Gasteiger partial charge in [-0.15, -0.1) is 0 Å². The first kappa shape index (κ1) is 14.8. The number of piperazine rings is 1. The minimum Gasteiger partial charge on any atom is -0.496 e. The Balaban J connectivity index is 1.93. The lowest BCUT2D eigenvalue weighted by Crippen LogP contribution is -2.45. The maximum atomic E-state index is 5.45. The van der Waals surface area contributed by atoms with E-state index in [4.69, 9.17) is 4.74 Å². The SMILES string of the molecule is COc1ccc(Br)cc1CC(C)CN1CCNCC1. The van der Waals surface area contributed by atoms with Crippen LogP contribution >= 0.6 is 15.9 Å². The van der Waals surface area contributed by atoms with Gasteiger partial charge in [0.1, 0.15) is 5.75 Å². The van der Waals surface area contributed by atoms with Gasteiger partial charge in [-0.2, -0.15) is 0 Å². The molecule has 0 aromatic heterocycles. The van der Waals surface area contributed by atoms with Crippen molar-refractivity contribution in [2.45, 2.75) is 13.3 Å². The van der Waals surface area contributed by atoms with Gasteiger partial charge in [0.05, 0.1) is 7.11 Å². The zero-order valence-electron chi connectivity index (χ0n) is 11.8. The molecule has 1 atom stereocenters. The summed E-state index contributed by atoms with van der Waals surface area (Å²) >= 11 is 3.54. The van der Waals surface area contributed by atoms with Gasteiger partial charge in [0.25, 0.3) is 0 Å². The van der Waals surface area contributed by atoms with Gasteiger partial charge >= 0.3 is 0 Å². The minimum atomic E-state index is 0.640. The van der Waals surface area contributed by atoms with Crippen LogP contribution in [0.4, 0.5) is 0 Å². The summed E-state index contributed by atoms with van der Waals surface area (Å²) in [5.74, 6) is 1.64. The van der Waals surface area contributed by atoms with E-state index in [0.29, 0.717) is 5.92 Å². The van der Waals surface area contributed by atoms with Gasteiger partial charge in [0.2, 0.25) is 0 Å². The highest BCUT2D eigenvalue weighted by Crippen LogP contribution is 2.25. The molecule has 1 fully saturated rings. The molecule has 0 radical (unpaired) electrons. The van der Waals surface area contributed by atoms with Gasteiger partial charge < -0.3 is 15.0 Å². The van der Waals surface area contributed by atoms with Crippen molar-refractivity contribution in [3.8, 4) is 5.75 Å². The van der Waals surface area contributed by atoms with E-state index >= 15 is 0 Å². The van der Waals surface area contributed by atoms with Crippen molar-refractivity contribution in [1.82, 2.24) is 10.2 Å². The fourth-order valence-corrected chi connectivity index (χ4v) is 3.09. The molecule has 0 bridgehead atoms. The molecule has 106 valence electrons. The third-order valence-electron chi connectivity index (χ3n) is 3.59. The Morgan fingerprint density at radius 3 is 2.79 bits per heavy atom. The fourth-order valence-electron chi connectivity index (χ4n) is 2.68. The van der Waals surface area contributed by atoms with Gasteiger partial charge in [-0.05, 0) is 36.1 Å². The van der Waals surface area contributed by atoms with Crippen LogP contribution in [0.1, 0.15) is 12.5 Å². The molecule has 1 aliphatic rings. The van der Waals surface area contributed by atoms with Crippen LogP contribution in [-0.4, -0.2) is 44.7 Å². The normalized spacial score (nSPS) is 18.3. The molecule has 19 heavy (non-hydrogen) atoms. The number of hydrogen-bond acceptors (Lipinski definition) is 3. The van der Waals surface area contributed by atoms with Crippen LogP contribution in [0.15, 0.2) is 22.7 Å². The molecule has 0 spiro atoms. The van der Waals surface area contributed by atoms with Crippen LogP contribution in [-0.2, 0) is 6.42 Å². The summed E-state index contributed by atoms with van der Waals surface area (Å²) in [5, 5.41) is 3.40. The summed E-state index contributed by atoms with van der Waals surface area (Å²) in [6.07, 6.45) is 1.06. The van der Waals surface area contributed by atoms with Crippen molar-refractivity contribution in [1.29, 1.82) is 0 Å². The lowest BCUT2D eigenvalue weighted by molar-refractivity contribution is 0.210. The topological polar surface area (TPSA) is 24.5 Å². The molecule has 1 aliphatic heterocycles. The van der Waals surface area contributed by atoms with E-state index in [1.807, 2.05) is 12.1 Å². The van der Waals surface area contributed by atoms with Crippen LogP contribution in [0, 0.1) is 5.92 Å². The molecular formula is C15H23BrN2O. The van der Waals surface area contributed by atoms with Crippen molar-refractivity contribution in [3.63, 3.8) is 0 Å². The number of rotatable bonds is 5. The Bertz CT molecular complexity index is 405. The molecule has 3 nitrogen and oxygen atoms in total. The van der Waals surface area contributed by atoms with E-state index in [0.717, 1.165) is 36.3 Å². The maximum absolute atomic E-state index is 5.45. The summed E-state index contributed by atoms with van der Waals surface area (Å²) in [5.41, 5.74) is 1.29. The molecule has 4 heteroatoms. The van der Waals surface area contributed by atoms with Crippen molar-refractivity contribution in [2.24, 2.45) is 5.92 Å². The lowest BCUT2D eigenvalue weighted by Gasteiger charge is -2.29. The van der Waals surface area contributed by atoms with E-state index in [2.05, 4.69) is 39.1 Å². The lowest BCUT2D eigenvalue weighted by atomic mass is 9.99. The summed E-state index contributed by atoms with van der Waals surface area (Å²) < 4.78 is 6.57. The Labute approximate surface area is 124 Å². The van der Waals surface area contributed by atoms with Gasteiger partial charge in [0, 0.05) is 37.2 Å². The van der Waals surface area contributed by atoms with Crippen molar-refractivity contribution in [3.05, 3.63) is 28.2 Å². The average Bonchev–Trinajstić information content (AvgIpc) is 2.40. The maximum Gasteiger partial charge on any atom is 0.122 e. The molecule has 2 rings (SSSR count). The first-order valence-corrected chi connectivity index (χ1v) is 7.74. The Kier molecular flexibility index (Phi) is 5.67. The third-order valence-corrected chi connectivity index (χ3v) is 4.08. The monoisotopic (exact) mass is 326 g/mol. The first-order valence-electron chi connectivity index (χ1n) is 6.94. The predicted molar refractivity (Wildman–Crippen MR) is 82.9 cm³/mol. The Morgan fingerprint density at radius 1 is 1.37 bits per heavy atom. The van der Waals surface area contributed by atoms with E-state index in [9.17, 15) is 0 Å². The van der Waals surface area contributed by atoms with Crippen molar-refractivity contribution < 1.29 is 4.74 Å². The summed E-state index contributed by atoms with van der Waals surface area (Å²) in [4.78, 5) is 2.55. The van der Waals surface area contributed by atoms with E-state index in [1.54, 1.807) is 7.11 Å². The zero-order valence-corrected chi connectivity index (χ0v) is 13.4. The molecule has 0 amide bonds. The number of ether oxygens (including phenoxy) is 1. The molecule has 1 heterocycles. The molecule has 0 aliphatic carbocycles. The summed E-state index contributed by atoms with van der Waals surface area (Å²) in [6.45, 7) is 8.06. The quantitative estimate of drug-likeness (QED) is 0.899. The van der Waals surface area contributed by atoms with Crippen LogP contribution < -0.4 is 10.1 Å². The first-order chi connectivity index (χ1) is 9.19. The molecule has 1 unspecified atom stereocenters. The van der Waals surface area contributed by atoms with Crippen molar-refractivity contribution >= 4 is 15.9 Å². The number of methoxy groups -OCH3 is 1. The van der Waals surface area contributed by atoms with Crippen LogP contribution in [0.5, 0.6) is 5.75 Å². The van der Waals surface area contributed by atoms with E-state index in [1.165, 1.54) is 18.7 Å². The van der Waals surface area contributed by atoms with Crippen LogP contribution in [0.2, 0.25) is 0 Å². The van der Waals surface area contributed by atoms with E-state index in [-0.39, 0.29) is 0 Å². The smallest absolute Gasteiger partial charge is 0.122 e. The minimum absolute atomic E-state index is 0.640. The van der Waals surface area contributed by atoms with Gasteiger partial charge in [-0.25, -0.2) is 0 Å². The second kappa shape index (κ2) is 7.27. The van der Waals surface area contributed by atoms with Crippen LogP contribution in [0.3, 0.4) is 0 Å². The molecule has 1 aromatic rings. The van der Waals surface area contributed by atoms with Gasteiger partial charge in [0.15, 0.2) is 0 Å². The second-order valence-corrected chi connectivity index (χ2v) is 6.23. The molecule has 1 saturated heterocycles. The van der Waals surface area contributed by atoms with Gasteiger partial charge in [-0.3, -0.25) is 0 Å². The highest BCUT2D eigenvalue weighted by atomic mass is 79.9. The molecule has 1 aromatic carbocycles. The largest absolute Gasteiger partial charge is 0.496 e. The number of nitrogens with zero attached hydrogens (tertiary/aromatic N) is 1. The second-order valence-electron chi connectivity index (χ2n) is 5.32. The van der Waals surface area contributed by atoms with Gasteiger partial charge in [-0.1, -0.05) is 22.9 Å². The average molecular weight is 327 g/mol. The van der Waals surface area contributed by atoms with Crippen molar-refractivity contribution in [2.75, 3.05) is 39.8 Å². The molecule has 1 N–H and O–H groups in total. The molecular weight excluding hydrogens is 304 g/mol. The number of halogens is 1.